The van der Waals surface area contributed by atoms with E-state index in [0.29, 0.717) is 30.2 Å². The van der Waals surface area contributed by atoms with E-state index in [2.05, 4.69) is 38.2 Å². The number of aromatic nitrogens is 3. The Kier molecular flexibility index (Phi) is 9.10. The quantitative estimate of drug-likeness (QED) is 0.380. The molecule has 3 atom stereocenters. The maximum absolute atomic E-state index is 13.1. The first-order valence-corrected chi connectivity index (χ1v) is 17.2. The summed E-state index contributed by atoms with van der Waals surface area (Å²) in [5, 5.41) is 13.6. The van der Waals surface area contributed by atoms with E-state index in [1.54, 1.807) is 12.4 Å². The predicted molar refractivity (Wildman–Crippen MR) is 171 cm³/mol. The molecule has 0 unspecified atom stereocenters. The van der Waals surface area contributed by atoms with Gasteiger partial charge >= 0.3 is 0 Å². The van der Waals surface area contributed by atoms with E-state index in [1.165, 1.54) is 11.3 Å². The summed E-state index contributed by atoms with van der Waals surface area (Å²) in [5.74, 6) is 0.989. The zero-order chi connectivity index (χ0) is 30.9. The van der Waals surface area contributed by atoms with Gasteiger partial charge in [-0.25, -0.2) is 15.0 Å². The van der Waals surface area contributed by atoms with Crippen LogP contribution < -0.4 is 5.32 Å². The normalized spacial score (nSPS) is 27.9. The minimum Gasteiger partial charge on any atom is -0.390 e. The van der Waals surface area contributed by atoms with E-state index in [0.717, 1.165) is 85.9 Å². The van der Waals surface area contributed by atoms with Crippen molar-refractivity contribution in [2.75, 3.05) is 38.2 Å². The summed E-state index contributed by atoms with van der Waals surface area (Å²) in [7, 11) is 0. The van der Waals surface area contributed by atoms with Crippen LogP contribution in [0.4, 0.5) is 5.13 Å². The molecule has 7 rings (SSSR count). The van der Waals surface area contributed by atoms with Gasteiger partial charge in [0, 0.05) is 74.7 Å². The topological polar surface area (TPSA) is 130 Å². The van der Waals surface area contributed by atoms with Crippen molar-refractivity contribution in [3.8, 4) is 11.1 Å². The lowest BCUT2D eigenvalue weighted by Gasteiger charge is -2.49. The highest BCUT2D eigenvalue weighted by atomic mass is 32.1. The van der Waals surface area contributed by atoms with Gasteiger partial charge in [0.25, 0.3) is 0 Å². The Morgan fingerprint density at radius 3 is 2.60 bits per heavy atom. The number of piperazine rings is 1. The van der Waals surface area contributed by atoms with E-state index in [4.69, 9.17) is 9.47 Å². The van der Waals surface area contributed by atoms with Gasteiger partial charge in [-0.05, 0) is 69.6 Å². The van der Waals surface area contributed by atoms with Crippen LogP contribution in [0.5, 0.6) is 0 Å². The molecule has 2 aliphatic heterocycles. The molecule has 0 bridgehead atoms. The van der Waals surface area contributed by atoms with Crippen molar-refractivity contribution in [1.82, 2.24) is 24.8 Å². The van der Waals surface area contributed by atoms with Gasteiger partial charge in [0.1, 0.15) is 6.61 Å². The van der Waals surface area contributed by atoms with Crippen LogP contribution in [0.25, 0.3) is 21.3 Å². The van der Waals surface area contributed by atoms with Crippen molar-refractivity contribution in [1.29, 1.82) is 0 Å². The maximum atomic E-state index is 13.1. The zero-order valence-corrected chi connectivity index (χ0v) is 26.6. The molecule has 2 aromatic heterocycles. The van der Waals surface area contributed by atoms with Gasteiger partial charge in [0.2, 0.25) is 11.8 Å². The van der Waals surface area contributed by atoms with Gasteiger partial charge in [0.15, 0.2) is 11.0 Å². The van der Waals surface area contributed by atoms with Crippen LogP contribution in [-0.2, 0) is 25.7 Å². The molecule has 4 heterocycles. The summed E-state index contributed by atoms with van der Waals surface area (Å²) in [6.07, 6.45) is 9.02. The van der Waals surface area contributed by atoms with Gasteiger partial charge in [-0.2, -0.15) is 0 Å². The monoisotopic (exact) mass is 634 g/mol. The Morgan fingerprint density at radius 1 is 1.07 bits per heavy atom. The molecule has 2 aliphatic carbocycles. The van der Waals surface area contributed by atoms with E-state index in [1.807, 2.05) is 17.0 Å². The lowest BCUT2D eigenvalue weighted by Crippen LogP contribution is -2.60. The number of anilines is 1. The second-order valence-electron chi connectivity index (χ2n) is 13.0. The van der Waals surface area contributed by atoms with Crippen LogP contribution in [0.1, 0.15) is 57.7 Å². The number of nitrogens with zero attached hydrogens (tertiary/aromatic N) is 5. The highest BCUT2D eigenvalue weighted by molar-refractivity contribution is 7.22. The highest BCUT2D eigenvalue weighted by Crippen LogP contribution is 2.36. The minimum atomic E-state index is -0.396. The van der Waals surface area contributed by atoms with Gasteiger partial charge in [-0.1, -0.05) is 17.4 Å². The van der Waals surface area contributed by atoms with Gasteiger partial charge in [0.05, 0.1) is 22.4 Å². The molecule has 240 valence electrons. The van der Waals surface area contributed by atoms with Crippen LogP contribution in [0.15, 0.2) is 30.6 Å². The average Bonchev–Trinajstić information content (AvgIpc) is 3.64. The average molecular weight is 635 g/mol. The Labute approximate surface area is 267 Å². The fourth-order valence-corrected chi connectivity index (χ4v) is 8.12. The Bertz CT molecular complexity index is 1500. The number of aliphatic hydroxyl groups is 1. The van der Waals surface area contributed by atoms with Crippen molar-refractivity contribution in [3.05, 3.63) is 36.4 Å². The van der Waals surface area contributed by atoms with Crippen LogP contribution in [0, 0.1) is 11.8 Å². The molecule has 12 heteroatoms. The van der Waals surface area contributed by atoms with E-state index >= 15 is 0 Å². The van der Waals surface area contributed by atoms with Crippen molar-refractivity contribution < 1.29 is 24.2 Å². The maximum Gasteiger partial charge on any atom is 0.229 e. The van der Waals surface area contributed by atoms with E-state index < -0.39 is 6.10 Å². The summed E-state index contributed by atoms with van der Waals surface area (Å²) < 4.78 is 12.2. The molecule has 11 nitrogen and oxygen atoms in total. The van der Waals surface area contributed by atoms with E-state index in [-0.39, 0.29) is 42.4 Å². The zero-order valence-electron chi connectivity index (χ0n) is 25.8. The molecule has 2 N–H and O–H groups in total. The number of hydrogen-bond donors (Lipinski definition) is 2. The third-order valence-electron chi connectivity index (χ3n) is 10.0. The summed E-state index contributed by atoms with van der Waals surface area (Å²) >= 11 is 1.47. The van der Waals surface area contributed by atoms with E-state index in [9.17, 15) is 14.7 Å². The van der Waals surface area contributed by atoms with Crippen molar-refractivity contribution in [3.63, 3.8) is 0 Å². The number of aliphatic hydroxyl groups excluding tert-OH is 1. The Hall–Kier alpha value is -3.03. The number of benzene rings is 1. The Balaban J connectivity index is 0.894. The van der Waals surface area contributed by atoms with Crippen molar-refractivity contribution in [2.24, 2.45) is 11.8 Å². The molecule has 0 radical (unpaired) electrons. The molecular formula is C33H42N6O5S. The smallest absolute Gasteiger partial charge is 0.229 e. The number of amides is 2. The lowest BCUT2D eigenvalue weighted by molar-refractivity contribution is -0.143. The second-order valence-corrected chi connectivity index (χ2v) is 14.0. The molecule has 2 saturated carbocycles. The number of rotatable bonds is 8. The standard InChI is InChI=1S/C33H42N6O5S/c1-20-18-38(32(42)21-7-11-43-12-8-21)9-10-39(20)25-13-23(14-25)31(41)37-33-36-26-6-5-22(15-29(26)45-33)24-16-34-30(35-17-24)19-44-28-4-2-3-27(28)40/h5-6,15-17,20-21,23,25,27-28,40H,2-4,7-14,18-19H2,1H3,(H,36,37,41)/t20-,23?,25?,27-,28-/m0/s1. The number of nitrogens with one attached hydrogen (secondary N) is 1. The third kappa shape index (κ3) is 6.76. The summed E-state index contributed by atoms with van der Waals surface area (Å²) in [4.78, 5) is 44.2. The van der Waals surface area contributed by atoms with Crippen LogP contribution >= 0.6 is 11.3 Å². The molecule has 4 fully saturated rings. The molecule has 45 heavy (non-hydrogen) atoms. The fraction of sp³-hybridized carbons (Fsp3) is 0.606. The number of thiazole rings is 1. The summed E-state index contributed by atoms with van der Waals surface area (Å²) in [6.45, 7) is 6.24. The molecule has 2 saturated heterocycles. The van der Waals surface area contributed by atoms with Crippen molar-refractivity contribution >= 4 is 38.5 Å². The largest absolute Gasteiger partial charge is 0.390 e. The predicted octanol–water partition coefficient (Wildman–Crippen LogP) is 3.86. The first kappa shape index (κ1) is 30.6. The molecule has 2 amide bonds. The highest BCUT2D eigenvalue weighted by Gasteiger charge is 2.42. The molecule has 4 aliphatic rings. The fourth-order valence-electron chi connectivity index (χ4n) is 7.22. The number of fused-ring (bicyclic) bond motifs is 1. The first-order chi connectivity index (χ1) is 21.9. The number of hydrogen-bond acceptors (Lipinski definition) is 10. The molecular weight excluding hydrogens is 592 g/mol. The number of ether oxygens (including phenoxy) is 2. The second kappa shape index (κ2) is 13.4. The molecule has 1 aromatic carbocycles. The first-order valence-electron chi connectivity index (χ1n) is 16.4. The van der Waals surface area contributed by atoms with Crippen LogP contribution in [-0.4, -0.2) is 98.8 Å². The van der Waals surface area contributed by atoms with Crippen molar-refractivity contribution in [2.45, 2.75) is 82.8 Å². The minimum absolute atomic E-state index is 0.0248. The summed E-state index contributed by atoms with van der Waals surface area (Å²) in [5.41, 5.74) is 2.71. The SMILES string of the molecule is C[C@H]1CN(C(=O)C2CCOCC2)CCN1C1CC(C(=O)Nc2nc3ccc(-c4cnc(CO[C@H]5CCC[C@@H]5O)nc4)cc3s2)C1. The van der Waals surface area contributed by atoms with Crippen LogP contribution in [0.2, 0.25) is 0 Å². The number of carbonyl (C=O) groups excluding carboxylic acids is 2. The van der Waals surface area contributed by atoms with Gasteiger partial charge < -0.3 is 24.8 Å². The third-order valence-corrected chi connectivity index (χ3v) is 10.9. The van der Waals surface area contributed by atoms with Gasteiger partial charge in [-0.15, -0.1) is 0 Å². The lowest BCUT2D eigenvalue weighted by atomic mass is 9.78. The van der Waals surface area contributed by atoms with Gasteiger partial charge in [-0.3, -0.25) is 14.5 Å². The summed E-state index contributed by atoms with van der Waals surface area (Å²) in [6, 6.07) is 6.67. The van der Waals surface area contributed by atoms with Crippen LogP contribution in [0.3, 0.4) is 0 Å². The molecule has 3 aromatic rings. The number of carbonyl (C=O) groups is 2. The Morgan fingerprint density at radius 2 is 1.87 bits per heavy atom. The molecule has 0 spiro atoms.